The molecule has 1 amide bonds. The third-order valence-corrected chi connectivity index (χ3v) is 2.35. The van der Waals surface area contributed by atoms with Gasteiger partial charge in [0.15, 0.2) is 0 Å². The molecule has 0 aliphatic carbocycles. The minimum absolute atomic E-state index is 0.220. The van der Waals surface area contributed by atoms with Gasteiger partial charge in [-0.15, -0.1) is 0 Å². The zero-order valence-corrected chi connectivity index (χ0v) is 9.74. The first-order valence-electron chi connectivity index (χ1n) is 5.44. The lowest BCUT2D eigenvalue weighted by atomic mass is 10.1. The van der Waals surface area contributed by atoms with E-state index < -0.39 is 35.1 Å². The van der Waals surface area contributed by atoms with Crippen molar-refractivity contribution in [2.75, 3.05) is 0 Å². The van der Waals surface area contributed by atoms with Crippen LogP contribution in [-0.4, -0.2) is 23.0 Å². The van der Waals surface area contributed by atoms with Crippen LogP contribution in [0.5, 0.6) is 0 Å². The van der Waals surface area contributed by atoms with Gasteiger partial charge in [-0.1, -0.05) is 13.3 Å². The number of amides is 1. The van der Waals surface area contributed by atoms with E-state index >= 15 is 0 Å². The van der Waals surface area contributed by atoms with Crippen LogP contribution in [0.4, 0.5) is 8.78 Å². The minimum Gasteiger partial charge on any atom is -0.480 e. The van der Waals surface area contributed by atoms with Gasteiger partial charge in [-0.3, -0.25) is 4.79 Å². The normalized spacial score (nSPS) is 11.9. The van der Waals surface area contributed by atoms with Crippen molar-refractivity contribution in [3.63, 3.8) is 0 Å². The number of aliphatic carboxylic acids is 1. The van der Waals surface area contributed by atoms with Crippen molar-refractivity contribution in [2.45, 2.75) is 25.8 Å². The average Bonchev–Trinajstić information content (AvgIpc) is 2.31. The van der Waals surface area contributed by atoms with E-state index in [4.69, 9.17) is 5.11 Å². The van der Waals surface area contributed by atoms with E-state index in [1.54, 1.807) is 6.92 Å². The highest BCUT2D eigenvalue weighted by Crippen LogP contribution is 2.10. The first-order chi connectivity index (χ1) is 8.45. The summed E-state index contributed by atoms with van der Waals surface area (Å²) in [6.45, 7) is 1.75. The molecule has 1 aromatic carbocycles. The molecule has 0 aliphatic heterocycles. The van der Waals surface area contributed by atoms with Crippen LogP contribution in [0.3, 0.4) is 0 Å². The van der Waals surface area contributed by atoms with E-state index in [2.05, 4.69) is 5.32 Å². The fraction of sp³-hybridized carbons (Fsp3) is 0.333. The van der Waals surface area contributed by atoms with Crippen molar-refractivity contribution >= 4 is 11.9 Å². The van der Waals surface area contributed by atoms with Crippen LogP contribution in [0.2, 0.25) is 0 Å². The van der Waals surface area contributed by atoms with Crippen LogP contribution < -0.4 is 5.32 Å². The van der Waals surface area contributed by atoms with E-state index in [1.807, 2.05) is 0 Å². The topological polar surface area (TPSA) is 66.4 Å². The number of hydrogen-bond acceptors (Lipinski definition) is 2. The molecule has 1 unspecified atom stereocenters. The van der Waals surface area contributed by atoms with Crippen LogP contribution in [0, 0.1) is 11.6 Å². The quantitative estimate of drug-likeness (QED) is 0.847. The Morgan fingerprint density at radius 1 is 1.39 bits per heavy atom. The highest BCUT2D eigenvalue weighted by molar-refractivity contribution is 5.96. The van der Waals surface area contributed by atoms with Crippen LogP contribution in [-0.2, 0) is 4.79 Å². The molecule has 0 saturated heterocycles. The Labute approximate surface area is 103 Å². The van der Waals surface area contributed by atoms with Crippen LogP contribution >= 0.6 is 0 Å². The predicted molar refractivity (Wildman–Crippen MR) is 60.2 cm³/mol. The van der Waals surface area contributed by atoms with Crippen molar-refractivity contribution in [1.82, 2.24) is 5.32 Å². The number of carboxylic acid groups (broad SMARTS) is 1. The summed E-state index contributed by atoms with van der Waals surface area (Å²) in [5.41, 5.74) is -0.502. The summed E-state index contributed by atoms with van der Waals surface area (Å²) in [7, 11) is 0. The SMILES string of the molecule is CCCC(NC(=O)c1cc(F)ccc1F)C(=O)O. The second kappa shape index (κ2) is 6.09. The lowest BCUT2D eigenvalue weighted by molar-refractivity contribution is -0.139. The van der Waals surface area contributed by atoms with Gasteiger partial charge in [0.2, 0.25) is 0 Å². The van der Waals surface area contributed by atoms with E-state index in [1.165, 1.54) is 0 Å². The molecule has 18 heavy (non-hydrogen) atoms. The number of hydrogen-bond donors (Lipinski definition) is 2. The smallest absolute Gasteiger partial charge is 0.326 e. The maximum Gasteiger partial charge on any atom is 0.326 e. The molecule has 98 valence electrons. The van der Waals surface area contributed by atoms with Crippen molar-refractivity contribution in [3.05, 3.63) is 35.4 Å². The second-order valence-electron chi connectivity index (χ2n) is 3.78. The Kier molecular flexibility index (Phi) is 4.76. The molecule has 0 bridgehead atoms. The number of nitrogens with one attached hydrogen (secondary N) is 1. The molecule has 4 nitrogen and oxygen atoms in total. The fourth-order valence-corrected chi connectivity index (χ4v) is 1.45. The summed E-state index contributed by atoms with van der Waals surface area (Å²) >= 11 is 0. The zero-order chi connectivity index (χ0) is 13.7. The Hall–Kier alpha value is -1.98. The maximum absolute atomic E-state index is 13.3. The van der Waals surface area contributed by atoms with Gasteiger partial charge in [0, 0.05) is 0 Å². The van der Waals surface area contributed by atoms with E-state index in [-0.39, 0.29) is 6.42 Å². The molecule has 1 aromatic rings. The van der Waals surface area contributed by atoms with Crippen LogP contribution in [0.15, 0.2) is 18.2 Å². The molecule has 0 spiro atoms. The molecule has 0 aromatic heterocycles. The van der Waals surface area contributed by atoms with Gasteiger partial charge in [-0.05, 0) is 24.6 Å². The zero-order valence-electron chi connectivity index (χ0n) is 9.74. The van der Waals surface area contributed by atoms with Crippen LogP contribution in [0.25, 0.3) is 0 Å². The van der Waals surface area contributed by atoms with Gasteiger partial charge in [0.25, 0.3) is 5.91 Å². The molecule has 0 aliphatic rings. The van der Waals surface area contributed by atoms with Gasteiger partial charge < -0.3 is 10.4 Å². The molecular weight excluding hydrogens is 244 g/mol. The molecule has 1 atom stereocenters. The minimum atomic E-state index is -1.21. The average molecular weight is 257 g/mol. The first kappa shape index (κ1) is 14.1. The van der Waals surface area contributed by atoms with Gasteiger partial charge in [-0.25, -0.2) is 13.6 Å². The third-order valence-electron chi connectivity index (χ3n) is 2.35. The second-order valence-corrected chi connectivity index (χ2v) is 3.78. The van der Waals surface area contributed by atoms with Gasteiger partial charge in [-0.2, -0.15) is 0 Å². The van der Waals surface area contributed by atoms with Gasteiger partial charge in [0.1, 0.15) is 17.7 Å². The summed E-state index contributed by atoms with van der Waals surface area (Å²) in [6, 6.07) is 1.33. The molecule has 0 radical (unpaired) electrons. The number of carbonyl (C=O) groups is 2. The molecule has 1 rings (SSSR count). The van der Waals surface area contributed by atoms with Crippen molar-refractivity contribution in [3.8, 4) is 0 Å². The lowest BCUT2D eigenvalue weighted by Gasteiger charge is -2.13. The number of rotatable bonds is 5. The Morgan fingerprint density at radius 3 is 2.61 bits per heavy atom. The maximum atomic E-state index is 13.3. The molecule has 0 saturated carbocycles. The van der Waals surface area contributed by atoms with E-state index in [0.29, 0.717) is 6.42 Å². The molecular formula is C12H13F2NO3. The predicted octanol–water partition coefficient (Wildman–Crippen LogP) is 1.95. The Balaban J connectivity index is 2.86. The van der Waals surface area contributed by atoms with Crippen molar-refractivity contribution in [1.29, 1.82) is 0 Å². The van der Waals surface area contributed by atoms with E-state index in [0.717, 1.165) is 18.2 Å². The highest BCUT2D eigenvalue weighted by atomic mass is 19.1. The molecule has 0 fully saturated rings. The largest absolute Gasteiger partial charge is 0.480 e. The van der Waals surface area contributed by atoms with Crippen molar-refractivity contribution < 1.29 is 23.5 Å². The van der Waals surface area contributed by atoms with Crippen molar-refractivity contribution in [2.24, 2.45) is 0 Å². The summed E-state index contributed by atoms with van der Waals surface area (Å²) < 4.78 is 26.2. The standard InChI is InChI=1S/C12H13F2NO3/c1-2-3-10(12(17)18)15-11(16)8-6-7(13)4-5-9(8)14/h4-6,10H,2-3H2,1H3,(H,15,16)(H,17,18). The van der Waals surface area contributed by atoms with Crippen LogP contribution in [0.1, 0.15) is 30.1 Å². The summed E-state index contributed by atoms with van der Waals surface area (Å²) in [4.78, 5) is 22.5. The highest BCUT2D eigenvalue weighted by Gasteiger charge is 2.21. The number of halogens is 2. The van der Waals surface area contributed by atoms with E-state index in [9.17, 15) is 18.4 Å². The Bertz CT molecular complexity index is 463. The monoisotopic (exact) mass is 257 g/mol. The van der Waals surface area contributed by atoms with Gasteiger partial charge >= 0.3 is 5.97 Å². The summed E-state index contributed by atoms with van der Waals surface area (Å²) in [6.07, 6.45) is 0.765. The van der Waals surface area contributed by atoms with Gasteiger partial charge in [0.05, 0.1) is 5.56 Å². The number of benzene rings is 1. The fourth-order valence-electron chi connectivity index (χ4n) is 1.45. The molecule has 0 heterocycles. The third kappa shape index (κ3) is 3.51. The number of carboxylic acids is 1. The molecule has 6 heteroatoms. The first-order valence-corrected chi connectivity index (χ1v) is 5.44. The molecule has 2 N–H and O–H groups in total. The Morgan fingerprint density at radius 2 is 2.06 bits per heavy atom. The number of carbonyl (C=O) groups excluding carboxylic acids is 1. The summed E-state index contributed by atoms with van der Waals surface area (Å²) in [5.74, 6) is -3.80. The summed E-state index contributed by atoms with van der Waals surface area (Å²) in [5, 5.41) is 11.0. The lowest BCUT2D eigenvalue weighted by Crippen LogP contribution is -2.41.